The van der Waals surface area contributed by atoms with Crippen molar-refractivity contribution >= 4 is 22.8 Å². The van der Waals surface area contributed by atoms with E-state index in [9.17, 15) is 15.0 Å². The molecule has 0 radical (unpaired) electrons. The molecule has 31 heavy (non-hydrogen) atoms. The number of hydrogen-bond donors (Lipinski definition) is 9. The maximum absolute atomic E-state index is 10.5. The Balaban J connectivity index is 0.000000248. The van der Waals surface area contributed by atoms with Gasteiger partial charge in [-0.2, -0.15) is 0 Å². The van der Waals surface area contributed by atoms with Crippen LogP contribution in [0.15, 0.2) is 12.7 Å². The molecule has 2 aromatic heterocycles. The zero-order valence-corrected chi connectivity index (χ0v) is 16.1. The number of nitrogens with two attached hydrogens (primary N) is 1. The van der Waals surface area contributed by atoms with Crippen LogP contribution in [-0.2, 0) is 9.53 Å². The molecule has 0 aliphatic carbocycles. The Kier molecular flexibility index (Phi) is 8.69. The van der Waals surface area contributed by atoms with Crippen LogP contribution in [0.5, 0.6) is 0 Å². The number of carbonyl (C=O) groups excluding carboxylic acids is 1. The summed E-state index contributed by atoms with van der Waals surface area (Å²) < 4.78 is 6.85. The van der Waals surface area contributed by atoms with Crippen LogP contribution >= 0.6 is 0 Å². The molecule has 0 amide bonds. The Morgan fingerprint density at radius 3 is 2.35 bits per heavy atom. The van der Waals surface area contributed by atoms with Crippen LogP contribution in [0.25, 0.3) is 11.2 Å². The molecule has 1 saturated heterocycles. The van der Waals surface area contributed by atoms with Gasteiger partial charge in [0, 0.05) is 0 Å². The second-order valence-corrected chi connectivity index (χ2v) is 6.62. The van der Waals surface area contributed by atoms with Crippen LogP contribution in [0, 0.1) is 0 Å². The zero-order chi connectivity index (χ0) is 23.3. The van der Waals surface area contributed by atoms with Gasteiger partial charge in [-0.1, -0.05) is 0 Å². The number of ketones is 1. The number of fused-ring (bicyclic) bond motifs is 1. The highest BCUT2D eigenvalue weighted by Crippen LogP contribution is 2.31. The molecule has 1 aliphatic heterocycles. The molecule has 2 aromatic rings. The molecule has 0 bridgehead atoms. The lowest BCUT2D eigenvalue weighted by Crippen LogP contribution is -2.44. The van der Waals surface area contributed by atoms with Gasteiger partial charge in [-0.3, -0.25) is 9.36 Å². The number of aromatic nitrogens is 4. The fourth-order valence-corrected chi connectivity index (χ4v) is 2.77. The number of hydrogen-bond acceptors (Lipinski definition) is 14. The maximum Gasteiger partial charge on any atom is 0.189 e. The van der Waals surface area contributed by atoms with Crippen LogP contribution < -0.4 is 5.73 Å². The number of rotatable bonds is 7. The monoisotopic (exact) mass is 447 g/mol. The van der Waals surface area contributed by atoms with Crippen LogP contribution in [0.3, 0.4) is 0 Å². The average molecular weight is 447 g/mol. The third-order valence-electron chi connectivity index (χ3n) is 4.57. The lowest BCUT2D eigenvalue weighted by Gasteiger charge is -2.19. The van der Waals surface area contributed by atoms with E-state index >= 15 is 0 Å². The molecule has 3 rings (SSSR count). The first-order valence-corrected chi connectivity index (χ1v) is 9.01. The smallest absolute Gasteiger partial charge is 0.189 e. The summed E-state index contributed by atoms with van der Waals surface area (Å²) in [5.74, 6) is -0.787. The van der Waals surface area contributed by atoms with Crippen molar-refractivity contribution in [3.63, 3.8) is 0 Å². The summed E-state index contributed by atoms with van der Waals surface area (Å²) in [7, 11) is 0. The van der Waals surface area contributed by atoms with Gasteiger partial charge in [0.1, 0.15) is 55.1 Å². The van der Waals surface area contributed by atoms with E-state index in [0.717, 1.165) is 0 Å². The third kappa shape index (κ3) is 5.29. The normalized spacial score (nSPS) is 26.2. The summed E-state index contributed by atoms with van der Waals surface area (Å²) >= 11 is 0. The van der Waals surface area contributed by atoms with Crippen LogP contribution in [0.1, 0.15) is 6.23 Å². The van der Waals surface area contributed by atoms with Crippen molar-refractivity contribution in [1.29, 1.82) is 0 Å². The Morgan fingerprint density at radius 1 is 1.13 bits per heavy atom. The summed E-state index contributed by atoms with van der Waals surface area (Å²) in [5, 5.41) is 71.8. The van der Waals surface area contributed by atoms with E-state index in [4.69, 9.17) is 41.1 Å². The fraction of sp³-hybridized carbons (Fsp3) is 0.625. The molecule has 1 aliphatic rings. The Morgan fingerprint density at radius 2 is 1.81 bits per heavy atom. The van der Waals surface area contributed by atoms with Gasteiger partial charge in [0.05, 0.1) is 19.5 Å². The number of aliphatic hydroxyl groups is 8. The molecule has 10 N–H and O–H groups in total. The van der Waals surface area contributed by atoms with Crippen molar-refractivity contribution in [2.75, 3.05) is 25.6 Å². The van der Waals surface area contributed by atoms with Gasteiger partial charge in [-0.05, 0) is 0 Å². The van der Waals surface area contributed by atoms with Crippen LogP contribution in [0.2, 0.25) is 0 Å². The summed E-state index contributed by atoms with van der Waals surface area (Å²) in [6, 6.07) is 0. The fourth-order valence-electron chi connectivity index (χ4n) is 2.77. The van der Waals surface area contributed by atoms with E-state index in [1.165, 1.54) is 17.2 Å². The van der Waals surface area contributed by atoms with Crippen molar-refractivity contribution in [3.05, 3.63) is 12.7 Å². The second-order valence-electron chi connectivity index (χ2n) is 6.62. The quantitative estimate of drug-likeness (QED) is 0.192. The minimum atomic E-state index is -1.86. The predicted molar refractivity (Wildman–Crippen MR) is 99.9 cm³/mol. The van der Waals surface area contributed by atoms with Crippen molar-refractivity contribution in [3.8, 4) is 0 Å². The molecule has 3 heterocycles. The van der Waals surface area contributed by atoms with Crippen LogP contribution in [0.4, 0.5) is 5.82 Å². The van der Waals surface area contributed by atoms with Gasteiger partial charge < -0.3 is 51.3 Å². The van der Waals surface area contributed by atoms with Crippen molar-refractivity contribution in [1.82, 2.24) is 19.5 Å². The summed E-state index contributed by atoms with van der Waals surface area (Å²) in [6.07, 6.45) is -6.64. The number of aliphatic hydroxyl groups excluding tert-OH is 8. The van der Waals surface area contributed by atoms with E-state index in [1.54, 1.807) is 0 Å². The van der Waals surface area contributed by atoms with Gasteiger partial charge in [-0.15, -0.1) is 0 Å². The zero-order valence-electron chi connectivity index (χ0n) is 16.1. The highest BCUT2D eigenvalue weighted by atomic mass is 16.6. The SMILES string of the molecule is Nc1ncnc2c1ncn2[C@@H]1O[C@H](CO)[C@@H](O)[C@H]1O.O=C(CO)C(O)C(O)C(O)CO. The van der Waals surface area contributed by atoms with E-state index in [0.29, 0.717) is 11.2 Å². The van der Waals surface area contributed by atoms with E-state index in [-0.39, 0.29) is 5.82 Å². The van der Waals surface area contributed by atoms with E-state index < -0.39 is 68.5 Å². The van der Waals surface area contributed by atoms with Crippen LogP contribution in [-0.4, -0.2) is 123 Å². The molecule has 1 fully saturated rings. The number of Topliss-reactive ketones (excluding diaryl/α,β-unsaturated/α-hetero) is 1. The molecule has 15 nitrogen and oxygen atoms in total. The molecule has 0 spiro atoms. The summed E-state index contributed by atoms with van der Waals surface area (Å²) in [4.78, 5) is 22.4. The van der Waals surface area contributed by atoms with Gasteiger partial charge in [-0.25, -0.2) is 15.0 Å². The molecule has 3 unspecified atom stereocenters. The Labute approximate surface area is 174 Å². The van der Waals surface area contributed by atoms with E-state index in [1.807, 2.05) is 0 Å². The molecule has 15 heteroatoms. The number of anilines is 1. The maximum atomic E-state index is 10.5. The topological polar surface area (TPSA) is 258 Å². The Bertz CT molecular complexity index is 866. The first-order valence-electron chi connectivity index (χ1n) is 9.01. The minimum absolute atomic E-state index is 0.218. The lowest BCUT2D eigenvalue weighted by molar-refractivity contribution is -0.142. The third-order valence-corrected chi connectivity index (χ3v) is 4.57. The van der Waals surface area contributed by atoms with Gasteiger partial charge in [0.25, 0.3) is 0 Å². The molecular formula is C16H25N5O10. The lowest BCUT2D eigenvalue weighted by atomic mass is 10.1. The van der Waals surface area contributed by atoms with E-state index in [2.05, 4.69) is 15.0 Å². The Hall–Kier alpha value is -2.34. The number of nitrogens with zero attached hydrogens (tertiary/aromatic N) is 4. The molecule has 0 aromatic carbocycles. The minimum Gasteiger partial charge on any atom is -0.394 e. The highest BCUT2D eigenvalue weighted by molar-refractivity contribution is 5.84. The number of carbonyl (C=O) groups is 1. The highest BCUT2D eigenvalue weighted by Gasteiger charge is 2.44. The van der Waals surface area contributed by atoms with Crippen molar-refractivity contribution < 1.29 is 50.4 Å². The van der Waals surface area contributed by atoms with Gasteiger partial charge in [0.15, 0.2) is 23.5 Å². The second kappa shape index (κ2) is 10.8. The first-order chi connectivity index (χ1) is 14.7. The largest absolute Gasteiger partial charge is 0.394 e. The standard InChI is InChI=1S/C10H13N5O4.C6H12O6/c11-8-5-9(13-2-12-8)15(3-14-5)10-7(18)6(17)4(1-16)19-10;7-1-3(9)5(11)6(12)4(10)2-8/h2-4,6-7,10,16-18H,1H2,(H2,11,12,13);3,5-9,11-12H,1-2H2/t4-,6-,7-,10-;/m1./s1. The number of ether oxygens (including phenoxy) is 1. The van der Waals surface area contributed by atoms with Crippen molar-refractivity contribution in [2.45, 2.75) is 42.9 Å². The predicted octanol–water partition coefficient (Wildman–Crippen LogP) is -5.36. The number of imidazole rings is 1. The molecule has 174 valence electrons. The molecule has 0 saturated carbocycles. The van der Waals surface area contributed by atoms with Gasteiger partial charge in [0.2, 0.25) is 0 Å². The van der Waals surface area contributed by atoms with Crippen molar-refractivity contribution in [2.24, 2.45) is 0 Å². The molecular weight excluding hydrogens is 422 g/mol. The summed E-state index contributed by atoms with van der Waals surface area (Å²) in [6.45, 7) is -2.08. The average Bonchev–Trinajstić information content (AvgIpc) is 3.33. The number of nitrogen functional groups attached to an aromatic ring is 1. The summed E-state index contributed by atoms with van der Waals surface area (Å²) in [5.41, 5.74) is 6.44. The first kappa shape index (κ1) is 24.9. The van der Waals surface area contributed by atoms with Gasteiger partial charge >= 0.3 is 0 Å². The molecule has 7 atom stereocenters.